The van der Waals surface area contributed by atoms with Crippen molar-refractivity contribution in [1.82, 2.24) is 0 Å². The molecule has 0 saturated carbocycles. The summed E-state index contributed by atoms with van der Waals surface area (Å²) in [7, 11) is 0. The monoisotopic (exact) mass is 429 g/mol. The van der Waals surface area contributed by atoms with E-state index in [1.807, 2.05) is 6.92 Å². The Morgan fingerprint density at radius 2 is 1.56 bits per heavy atom. The molecule has 0 aromatic heterocycles. The third-order valence-electron chi connectivity index (χ3n) is 4.84. The molecule has 0 unspecified atom stereocenters. The number of amides is 2. The van der Waals surface area contributed by atoms with Gasteiger partial charge in [-0.05, 0) is 37.3 Å². The highest BCUT2D eigenvalue weighted by molar-refractivity contribution is 6.58. The molecule has 2 amide bonds. The predicted octanol–water partition coefficient (Wildman–Crippen LogP) is 3.65. The number of fused-ring (bicyclic) bond motifs is 1. The van der Waals surface area contributed by atoms with Crippen LogP contribution in [-0.4, -0.2) is 28.4 Å². The third kappa shape index (κ3) is 3.74. The second-order valence-electron chi connectivity index (χ2n) is 6.95. The first-order chi connectivity index (χ1) is 15.4. The molecule has 3 aromatic carbocycles. The molecule has 0 radical (unpaired) electrons. The molecule has 0 aliphatic carbocycles. The van der Waals surface area contributed by atoms with Gasteiger partial charge in [0.05, 0.1) is 16.2 Å². The number of nitrogens with zero attached hydrogens (tertiary/aromatic N) is 3. The van der Waals surface area contributed by atoms with E-state index in [1.165, 1.54) is 12.1 Å². The number of nitro benzene ring substituents is 1. The number of hydrogen-bond acceptors (Lipinski definition) is 7. The molecular weight excluding hydrogens is 414 g/mol. The van der Waals surface area contributed by atoms with Crippen LogP contribution in [0.3, 0.4) is 0 Å². The third-order valence-corrected chi connectivity index (χ3v) is 4.84. The summed E-state index contributed by atoms with van der Waals surface area (Å²) in [4.78, 5) is 54.3. The van der Waals surface area contributed by atoms with Crippen LogP contribution in [0.4, 0.5) is 11.4 Å². The number of rotatable bonds is 4. The van der Waals surface area contributed by atoms with Crippen LogP contribution < -0.4 is 4.90 Å². The zero-order valence-electron chi connectivity index (χ0n) is 16.7. The van der Waals surface area contributed by atoms with Crippen LogP contribution >= 0.6 is 0 Å². The minimum absolute atomic E-state index is 0.0197. The molecule has 1 aliphatic rings. The number of oxime groups is 1. The Labute approximate surface area is 181 Å². The van der Waals surface area contributed by atoms with Crippen LogP contribution in [0.2, 0.25) is 0 Å². The first kappa shape index (κ1) is 20.6. The van der Waals surface area contributed by atoms with Crippen molar-refractivity contribution in [2.75, 3.05) is 4.90 Å². The van der Waals surface area contributed by atoms with Crippen LogP contribution in [0.15, 0.2) is 78.0 Å². The zero-order chi connectivity index (χ0) is 22.8. The predicted molar refractivity (Wildman–Crippen MR) is 114 cm³/mol. The maximum absolute atomic E-state index is 13.0. The van der Waals surface area contributed by atoms with Gasteiger partial charge in [0.25, 0.3) is 17.5 Å². The van der Waals surface area contributed by atoms with Crippen LogP contribution in [0.5, 0.6) is 0 Å². The molecule has 32 heavy (non-hydrogen) atoms. The van der Waals surface area contributed by atoms with Gasteiger partial charge in [-0.2, -0.15) is 0 Å². The quantitative estimate of drug-likeness (QED) is 0.270. The van der Waals surface area contributed by atoms with Crippen LogP contribution in [0, 0.1) is 17.0 Å². The number of nitro groups is 1. The Bertz CT molecular complexity index is 1280. The van der Waals surface area contributed by atoms with Crippen LogP contribution in [0.25, 0.3) is 0 Å². The van der Waals surface area contributed by atoms with Gasteiger partial charge in [0, 0.05) is 23.3 Å². The maximum Gasteiger partial charge on any atom is 0.365 e. The summed E-state index contributed by atoms with van der Waals surface area (Å²) in [6, 6.07) is 18.1. The Kier molecular flexibility index (Phi) is 5.30. The molecule has 0 atom stereocenters. The minimum Gasteiger partial charge on any atom is -0.312 e. The molecule has 9 heteroatoms. The molecule has 9 nitrogen and oxygen atoms in total. The largest absolute Gasteiger partial charge is 0.365 e. The Morgan fingerprint density at radius 1 is 0.938 bits per heavy atom. The smallest absolute Gasteiger partial charge is 0.312 e. The summed E-state index contributed by atoms with van der Waals surface area (Å²) in [5, 5.41) is 14.4. The zero-order valence-corrected chi connectivity index (χ0v) is 16.7. The number of aryl methyl sites for hydroxylation is 1. The van der Waals surface area contributed by atoms with Crippen molar-refractivity contribution in [3.63, 3.8) is 0 Å². The highest BCUT2D eigenvalue weighted by Crippen LogP contribution is 2.31. The van der Waals surface area contributed by atoms with Gasteiger partial charge in [0.1, 0.15) is 0 Å². The molecule has 0 fully saturated rings. The van der Waals surface area contributed by atoms with Crippen molar-refractivity contribution < 1.29 is 24.1 Å². The number of carbonyl (C=O) groups excluding carboxylic acids is 3. The van der Waals surface area contributed by atoms with E-state index in [2.05, 4.69) is 5.16 Å². The minimum atomic E-state index is -0.902. The van der Waals surface area contributed by atoms with Gasteiger partial charge in [0.15, 0.2) is 5.71 Å². The van der Waals surface area contributed by atoms with Gasteiger partial charge in [-0.15, -0.1) is 0 Å². The van der Waals surface area contributed by atoms with Crippen molar-refractivity contribution in [1.29, 1.82) is 0 Å². The summed E-state index contributed by atoms with van der Waals surface area (Å²) in [5.74, 6) is -2.16. The summed E-state index contributed by atoms with van der Waals surface area (Å²) < 4.78 is 0. The van der Waals surface area contributed by atoms with Crippen LogP contribution in [-0.2, 0) is 9.63 Å². The summed E-state index contributed by atoms with van der Waals surface area (Å²) in [6.45, 7) is 1.88. The van der Waals surface area contributed by atoms with Crippen molar-refractivity contribution in [2.45, 2.75) is 6.92 Å². The molecule has 0 spiro atoms. The molecule has 0 bridgehead atoms. The van der Waals surface area contributed by atoms with E-state index < -0.39 is 22.7 Å². The number of non-ortho nitro benzene ring substituents is 1. The number of carbonyl (C=O) groups is 3. The average Bonchev–Trinajstić information content (AvgIpc) is 3.08. The second-order valence-corrected chi connectivity index (χ2v) is 6.95. The molecule has 4 rings (SSSR count). The Hall–Kier alpha value is -4.66. The van der Waals surface area contributed by atoms with Crippen LogP contribution in [0.1, 0.15) is 31.8 Å². The molecule has 1 aliphatic heterocycles. The van der Waals surface area contributed by atoms with E-state index in [9.17, 15) is 24.5 Å². The topological polar surface area (TPSA) is 119 Å². The molecule has 0 N–H and O–H groups in total. The number of imide groups is 1. The van der Waals surface area contributed by atoms with Gasteiger partial charge in [-0.1, -0.05) is 41.1 Å². The lowest BCUT2D eigenvalue weighted by Gasteiger charge is -2.14. The first-order valence-corrected chi connectivity index (χ1v) is 9.45. The Morgan fingerprint density at radius 3 is 2.22 bits per heavy atom. The lowest BCUT2D eigenvalue weighted by molar-refractivity contribution is -0.384. The van der Waals surface area contributed by atoms with Gasteiger partial charge in [-0.25, -0.2) is 9.69 Å². The number of benzene rings is 3. The normalized spacial score (nSPS) is 13.7. The van der Waals surface area contributed by atoms with E-state index in [-0.39, 0.29) is 17.0 Å². The first-order valence-electron chi connectivity index (χ1n) is 9.45. The van der Waals surface area contributed by atoms with Crippen molar-refractivity contribution >= 4 is 34.9 Å². The number of hydrogen-bond donors (Lipinski definition) is 0. The Balaban J connectivity index is 1.62. The number of para-hydroxylation sites is 1. The van der Waals surface area contributed by atoms with Crippen molar-refractivity contribution in [3.05, 3.63) is 105 Å². The van der Waals surface area contributed by atoms with E-state index in [0.717, 1.165) is 22.6 Å². The molecular formula is C23H15N3O6. The summed E-state index contributed by atoms with van der Waals surface area (Å²) in [6.07, 6.45) is 0. The van der Waals surface area contributed by atoms with E-state index in [0.29, 0.717) is 16.8 Å². The van der Waals surface area contributed by atoms with E-state index >= 15 is 0 Å². The lowest BCUT2D eigenvalue weighted by Crippen LogP contribution is -2.36. The standard InChI is InChI=1S/C23H15N3O6/c1-14-6-8-15(9-7-14)21(27)25-19-5-3-2-4-18(19)20(22(25)28)24-32-23(29)16-10-12-17(13-11-16)26(30)31/h2-13H,1H3. The number of anilines is 1. The molecule has 158 valence electrons. The molecule has 1 heterocycles. The lowest BCUT2D eigenvalue weighted by atomic mass is 10.1. The van der Waals surface area contributed by atoms with Gasteiger partial charge in [0.2, 0.25) is 0 Å². The fourth-order valence-corrected chi connectivity index (χ4v) is 3.17. The highest BCUT2D eigenvalue weighted by atomic mass is 16.7. The highest BCUT2D eigenvalue weighted by Gasteiger charge is 2.39. The summed E-state index contributed by atoms with van der Waals surface area (Å²) >= 11 is 0. The SMILES string of the molecule is Cc1ccc(C(=O)N2C(=O)C(=NOC(=O)c3ccc([N+](=O)[O-])cc3)c3ccccc32)cc1. The molecule has 0 saturated heterocycles. The van der Waals surface area contributed by atoms with E-state index in [4.69, 9.17) is 4.84 Å². The fraction of sp³-hybridized carbons (Fsp3) is 0.0435. The fourth-order valence-electron chi connectivity index (χ4n) is 3.17. The molecule has 3 aromatic rings. The van der Waals surface area contributed by atoms with Gasteiger partial charge in [-0.3, -0.25) is 19.7 Å². The van der Waals surface area contributed by atoms with Crippen molar-refractivity contribution in [3.8, 4) is 0 Å². The van der Waals surface area contributed by atoms with E-state index in [1.54, 1.807) is 48.5 Å². The second kappa shape index (κ2) is 8.23. The summed E-state index contributed by atoms with van der Waals surface area (Å²) in [5.41, 5.74) is 1.60. The van der Waals surface area contributed by atoms with Gasteiger partial charge >= 0.3 is 5.97 Å². The van der Waals surface area contributed by atoms with Gasteiger partial charge < -0.3 is 4.84 Å². The average molecular weight is 429 g/mol. The maximum atomic E-state index is 13.0. The van der Waals surface area contributed by atoms with Crippen molar-refractivity contribution in [2.24, 2.45) is 5.16 Å².